The van der Waals surface area contributed by atoms with Gasteiger partial charge >= 0.3 is 0 Å². The van der Waals surface area contributed by atoms with Crippen LogP contribution in [0.15, 0.2) is 23.1 Å². The summed E-state index contributed by atoms with van der Waals surface area (Å²) in [5.74, 6) is -0.622. The van der Waals surface area contributed by atoms with Crippen LogP contribution in [0.25, 0.3) is 0 Å². The van der Waals surface area contributed by atoms with Crippen LogP contribution < -0.4 is 5.32 Å². The van der Waals surface area contributed by atoms with Gasteiger partial charge in [-0.1, -0.05) is 11.6 Å². The van der Waals surface area contributed by atoms with Gasteiger partial charge in [-0.15, -0.1) is 11.8 Å². The van der Waals surface area contributed by atoms with Gasteiger partial charge in [-0.2, -0.15) is 0 Å². The first-order chi connectivity index (χ1) is 9.77. The van der Waals surface area contributed by atoms with Crippen LogP contribution >= 0.6 is 23.4 Å². The zero-order valence-corrected chi connectivity index (χ0v) is 13.7. The van der Waals surface area contributed by atoms with Crippen molar-refractivity contribution in [2.75, 3.05) is 11.5 Å². The van der Waals surface area contributed by atoms with Gasteiger partial charge in [-0.05, 0) is 31.5 Å². The number of carbonyl (C=O) groups is 1. The third-order valence-electron chi connectivity index (χ3n) is 3.15. The molecule has 1 fully saturated rings. The summed E-state index contributed by atoms with van der Waals surface area (Å²) in [6.45, 7) is 1.71. The molecule has 1 N–H and O–H groups in total. The van der Waals surface area contributed by atoms with Crippen LogP contribution in [0.2, 0.25) is 5.02 Å². The molecule has 0 unspecified atom stereocenters. The molecular formula is C13H15ClFNO3S2. The van der Waals surface area contributed by atoms with Crippen molar-refractivity contribution in [1.82, 2.24) is 5.32 Å². The van der Waals surface area contributed by atoms with Crippen LogP contribution in [0, 0.1) is 5.82 Å². The van der Waals surface area contributed by atoms with Gasteiger partial charge < -0.3 is 5.32 Å². The number of benzene rings is 1. The molecule has 1 heterocycles. The molecule has 8 heteroatoms. The van der Waals surface area contributed by atoms with E-state index < -0.39 is 20.9 Å². The molecule has 4 nitrogen and oxygen atoms in total. The van der Waals surface area contributed by atoms with Gasteiger partial charge in [0.05, 0.1) is 21.8 Å². The van der Waals surface area contributed by atoms with E-state index in [1.54, 1.807) is 13.0 Å². The molecule has 1 amide bonds. The van der Waals surface area contributed by atoms with E-state index in [-0.39, 0.29) is 28.5 Å². The third-order valence-corrected chi connectivity index (χ3v) is 6.30. The zero-order valence-electron chi connectivity index (χ0n) is 11.3. The van der Waals surface area contributed by atoms with E-state index in [0.29, 0.717) is 11.3 Å². The van der Waals surface area contributed by atoms with Gasteiger partial charge in [0, 0.05) is 10.9 Å². The van der Waals surface area contributed by atoms with Crippen molar-refractivity contribution in [2.24, 2.45) is 0 Å². The van der Waals surface area contributed by atoms with Crippen molar-refractivity contribution in [1.29, 1.82) is 0 Å². The minimum absolute atomic E-state index is 0.00149. The fourth-order valence-electron chi connectivity index (χ4n) is 2.04. The topological polar surface area (TPSA) is 63.2 Å². The minimum Gasteiger partial charge on any atom is -0.351 e. The van der Waals surface area contributed by atoms with E-state index in [2.05, 4.69) is 5.32 Å². The first kappa shape index (κ1) is 16.6. The highest BCUT2D eigenvalue weighted by molar-refractivity contribution is 8.00. The number of hydrogen-bond donors (Lipinski definition) is 1. The summed E-state index contributed by atoms with van der Waals surface area (Å²) in [7, 11) is -3.02. The number of halogens is 2. The molecular weight excluding hydrogens is 337 g/mol. The number of amides is 1. The Bertz CT molecular complexity index is 651. The summed E-state index contributed by atoms with van der Waals surface area (Å²) in [6, 6.07) is 3.95. The molecule has 0 bridgehead atoms. The standard InChI is InChI=1S/C13H15ClFNO3S2/c1-8(20-10-2-3-12(15)11(14)6-10)13(17)16-9-4-5-21(18,19)7-9/h2-3,6,8-9H,4-5,7H2,1H3,(H,16,17)/t8-,9-/m0/s1. The van der Waals surface area contributed by atoms with E-state index >= 15 is 0 Å². The Balaban J connectivity index is 1.92. The molecule has 1 saturated heterocycles. The second kappa shape index (κ2) is 6.54. The maximum atomic E-state index is 13.1. The molecule has 1 aliphatic rings. The first-order valence-electron chi connectivity index (χ1n) is 6.39. The van der Waals surface area contributed by atoms with Gasteiger partial charge in [0.1, 0.15) is 5.82 Å². The highest BCUT2D eigenvalue weighted by Crippen LogP contribution is 2.27. The highest BCUT2D eigenvalue weighted by Gasteiger charge is 2.30. The second-order valence-corrected chi connectivity index (χ2v) is 8.99. The Kier molecular flexibility index (Phi) is 5.16. The first-order valence-corrected chi connectivity index (χ1v) is 9.47. The third kappa shape index (κ3) is 4.59. The lowest BCUT2D eigenvalue weighted by Gasteiger charge is -2.15. The van der Waals surface area contributed by atoms with Crippen LogP contribution in [-0.4, -0.2) is 37.1 Å². The SMILES string of the molecule is C[C@H](Sc1ccc(F)c(Cl)c1)C(=O)N[C@H]1CCS(=O)(=O)C1. The van der Waals surface area contributed by atoms with Crippen LogP contribution in [0.4, 0.5) is 4.39 Å². The van der Waals surface area contributed by atoms with E-state index in [9.17, 15) is 17.6 Å². The van der Waals surface area contributed by atoms with Crippen molar-refractivity contribution in [3.63, 3.8) is 0 Å². The summed E-state index contributed by atoms with van der Waals surface area (Å²) in [4.78, 5) is 12.7. The van der Waals surface area contributed by atoms with Crippen molar-refractivity contribution < 1.29 is 17.6 Å². The monoisotopic (exact) mass is 351 g/mol. The summed E-state index contributed by atoms with van der Waals surface area (Å²) in [5.41, 5.74) is 0. The lowest BCUT2D eigenvalue weighted by Crippen LogP contribution is -2.39. The second-order valence-electron chi connectivity index (χ2n) is 4.94. The Morgan fingerprint density at radius 2 is 2.24 bits per heavy atom. The van der Waals surface area contributed by atoms with Gasteiger partial charge in [-0.25, -0.2) is 12.8 Å². The molecule has 0 aromatic heterocycles. The summed E-state index contributed by atoms with van der Waals surface area (Å²) in [5, 5.41) is 2.32. The predicted octanol–water partition coefficient (Wildman–Crippen LogP) is 2.26. The Morgan fingerprint density at radius 3 is 2.81 bits per heavy atom. The van der Waals surface area contributed by atoms with Gasteiger partial charge in [0.15, 0.2) is 9.84 Å². The lowest BCUT2D eigenvalue weighted by atomic mass is 10.2. The maximum absolute atomic E-state index is 13.1. The molecule has 1 aromatic carbocycles. The normalized spacial score (nSPS) is 22.0. The minimum atomic E-state index is -3.02. The van der Waals surface area contributed by atoms with Crippen LogP contribution in [0.1, 0.15) is 13.3 Å². The molecule has 2 rings (SSSR count). The zero-order chi connectivity index (χ0) is 15.6. The van der Waals surface area contributed by atoms with Crippen molar-refractivity contribution in [3.8, 4) is 0 Å². The Hall–Kier alpha value is -0.790. The molecule has 21 heavy (non-hydrogen) atoms. The van der Waals surface area contributed by atoms with Crippen molar-refractivity contribution in [2.45, 2.75) is 29.5 Å². The summed E-state index contributed by atoms with van der Waals surface area (Å²) in [6.07, 6.45) is 0.452. The largest absolute Gasteiger partial charge is 0.351 e. The maximum Gasteiger partial charge on any atom is 0.233 e. The number of carbonyl (C=O) groups excluding carboxylic acids is 1. The number of rotatable bonds is 4. The number of nitrogens with one attached hydrogen (secondary N) is 1. The van der Waals surface area contributed by atoms with Gasteiger partial charge in [0.25, 0.3) is 0 Å². The average Bonchev–Trinajstić information content (AvgIpc) is 2.73. The molecule has 0 spiro atoms. The van der Waals surface area contributed by atoms with Crippen LogP contribution in [0.5, 0.6) is 0 Å². The van der Waals surface area contributed by atoms with E-state index in [1.807, 2.05) is 0 Å². The molecule has 0 radical (unpaired) electrons. The Labute approximate surface area is 132 Å². The van der Waals surface area contributed by atoms with Crippen molar-refractivity contribution >= 4 is 39.1 Å². The number of sulfone groups is 1. The fraction of sp³-hybridized carbons (Fsp3) is 0.462. The molecule has 1 aliphatic heterocycles. The number of thioether (sulfide) groups is 1. The van der Waals surface area contributed by atoms with Crippen molar-refractivity contribution in [3.05, 3.63) is 29.0 Å². The fourth-order valence-corrected chi connectivity index (χ4v) is 4.87. The summed E-state index contributed by atoms with van der Waals surface area (Å²) < 4.78 is 35.8. The van der Waals surface area contributed by atoms with Crippen LogP contribution in [-0.2, 0) is 14.6 Å². The quantitative estimate of drug-likeness (QED) is 0.845. The predicted molar refractivity (Wildman–Crippen MR) is 81.9 cm³/mol. The Morgan fingerprint density at radius 1 is 1.52 bits per heavy atom. The van der Waals surface area contributed by atoms with Gasteiger partial charge in [0.2, 0.25) is 5.91 Å². The summed E-state index contributed by atoms with van der Waals surface area (Å²) >= 11 is 6.94. The number of hydrogen-bond acceptors (Lipinski definition) is 4. The highest BCUT2D eigenvalue weighted by atomic mass is 35.5. The van der Waals surface area contributed by atoms with E-state index in [4.69, 9.17) is 11.6 Å². The molecule has 116 valence electrons. The molecule has 0 saturated carbocycles. The average molecular weight is 352 g/mol. The molecule has 0 aliphatic carbocycles. The molecule has 2 atom stereocenters. The molecule has 1 aromatic rings. The van der Waals surface area contributed by atoms with E-state index in [0.717, 1.165) is 0 Å². The van der Waals surface area contributed by atoms with E-state index in [1.165, 1.54) is 23.9 Å². The smallest absolute Gasteiger partial charge is 0.233 e. The van der Waals surface area contributed by atoms with Crippen LogP contribution in [0.3, 0.4) is 0 Å². The lowest BCUT2D eigenvalue weighted by molar-refractivity contribution is -0.120. The van der Waals surface area contributed by atoms with Gasteiger partial charge in [-0.3, -0.25) is 4.79 Å².